The number of likely N-dealkylation sites (tertiary alicyclic amines) is 1. The second-order valence-corrected chi connectivity index (χ2v) is 7.49. The molecule has 24 heavy (non-hydrogen) atoms. The summed E-state index contributed by atoms with van der Waals surface area (Å²) in [5.74, 6) is 0. The molecule has 0 radical (unpaired) electrons. The molecule has 1 aromatic carbocycles. The first-order valence-electron chi connectivity index (χ1n) is 8.44. The number of nitrogens with zero attached hydrogens (tertiary/aromatic N) is 2. The number of ether oxygens (including phenoxy) is 1. The highest BCUT2D eigenvalue weighted by Gasteiger charge is 2.28. The predicted octanol–water partition coefficient (Wildman–Crippen LogP) is 3.33. The van der Waals surface area contributed by atoms with Crippen LogP contribution in [0.2, 0.25) is 0 Å². The first-order valence-corrected chi connectivity index (χ1v) is 9.23. The van der Waals surface area contributed by atoms with Crippen LogP contribution in [0.5, 0.6) is 0 Å². The molecule has 2 aromatic rings. The third-order valence-electron chi connectivity index (χ3n) is 5.25. The van der Waals surface area contributed by atoms with E-state index in [1.54, 1.807) is 0 Å². The number of imidazole rings is 1. The first-order chi connectivity index (χ1) is 11.2. The van der Waals surface area contributed by atoms with E-state index in [4.69, 9.17) is 4.74 Å². The maximum atomic E-state index is 12.4. The quantitative estimate of drug-likeness (QED) is 0.817. The molecule has 132 valence electrons. The molecule has 1 aromatic heterocycles. The summed E-state index contributed by atoms with van der Waals surface area (Å²) in [6.07, 6.45) is 4.36. The van der Waals surface area contributed by atoms with Gasteiger partial charge in [0.1, 0.15) is 0 Å². The van der Waals surface area contributed by atoms with Crippen LogP contribution in [0.4, 0.5) is 0 Å². The lowest BCUT2D eigenvalue weighted by atomic mass is 9.99. The van der Waals surface area contributed by atoms with Crippen LogP contribution in [-0.4, -0.2) is 46.8 Å². The lowest BCUT2D eigenvalue weighted by Gasteiger charge is -2.39. The SMILES string of the molecule is Cl.O=c1[nH]c2ccc(Br)cc2n1C1CCN(C2CCOCC2)CC1. The zero-order valence-electron chi connectivity index (χ0n) is 13.5. The van der Waals surface area contributed by atoms with E-state index >= 15 is 0 Å². The van der Waals surface area contributed by atoms with Crippen LogP contribution < -0.4 is 5.69 Å². The van der Waals surface area contributed by atoms with Gasteiger partial charge in [0.2, 0.25) is 0 Å². The molecule has 0 saturated carbocycles. The summed E-state index contributed by atoms with van der Waals surface area (Å²) in [7, 11) is 0. The summed E-state index contributed by atoms with van der Waals surface area (Å²) in [6.45, 7) is 3.92. The second-order valence-electron chi connectivity index (χ2n) is 6.57. The van der Waals surface area contributed by atoms with Crippen molar-refractivity contribution >= 4 is 39.4 Å². The van der Waals surface area contributed by atoms with E-state index in [-0.39, 0.29) is 18.1 Å². The molecule has 2 aliphatic rings. The number of benzene rings is 1. The summed E-state index contributed by atoms with van der Waals surface area (Å²) in [4.78, 5) is 18.0. The topological polar surface area (TPSA) is 50.3 Å². The fourth-order valence-electron chi connectivity index (χ4n) is 4.02. The van der Waals surface area contributed by atoms with E-state index in [1.807, 2.05) is 22.8 Å². The van der Waals surface area contributed by atoms with Crippen molar-refractivity contribution in [1.82, 2.24) is 14.5 Å². The molecule has 7 heteroatoms. The van der Waals surface area contributed by atoms with Crippen molar-refractivity contribution in [2.75, 3.05) is 26.3 Å². The van der Waals surface area contributed by atoms with E-state index < -0.39 is 0 Å². The van der Waals surface area contributed by atoms with Gasteiger partial charge >= 0.3 is 5.69 Å². The number of aromatic nitrogens is 2. The summed E-state index contributed by atoms with van der Waals surface area (Å²) >= 11 is 3.51. The summed E-state index contributed by atoms with van der Waals surface area (Å²) in [5.41, 5.74) is 1.95. The Bertz CT molecular complexity index is 746. The van der Waals surface area contributed by atoms with Gasteiger partial charge in [-0.15, -0.1) is 12.4 Å². The van der Waals surface area contributed by atoms with E-state index in [0.717, 1.165) is 67.5 Å². The third-order valence-corrected chi connectivity index (χ3v) is 5.74. The standard InChI is InChI=1S/C17H22BrN3O2.ClH/c18-12-1-2-15-16(11-12)21(17(22)19-15)14-3-7-20(8-4-14)13-5-9-23-10-6-13;/h1-2,11,13-14H,3-10H2,(H,19,22);1H. The largest absolute Gasteiger partial charge is 0.381 e. The lowest BCUT2D eigenvalue weighted by molar-refractivity contribution is 0.0220. The van der Waals surface area contributed by atoms with Gasteiger partial charge in [0.05, 0.1) is 11.0 Å². The molecule has 0 amide bonds. The van der Waals surface area contributed by atoms with Crippen molar-refractivity contribution in [3.8, 4) is 0 Å². The number of hydrogen-bond donors (Lipinski definition) is 1. The van der Waals surface area contributed by atoms with Gasteiger partial charge in [-0.1, -0.05) is 15.9 Å². The van der Waals surface area contributed by atoms with Crippen LogP contribution in [0.25, 0.3) is 11.0 Å². The molecule has 5 nitrogen and oxygen atoms in total. The van der Waals surface area contributed by atoms with E-state index in [9.17, 15) is 4.79 Å². The smallest absolute Gasteiger partial charge is 0.326 e. The van der Waals surface area contributed by atoms with Crippen LogP contribution in [-0.2, 0) is 4.74 Å². The van der Waals surface area contributed by atoms with Gasteiger partial charge < -0.3 is 14.6 Å². The van der Waals surface area contributed by atoms with E-state index in [2.05, 4.69) is 25.8 Å². The van der Waals surface area contributed by atoms with Gasteiger partial charge in [0, 0.05) is 42.9 Å². The lowest BCUT2D eigenvalue weighted by Crippen LogP contribution is -2.45. The molecule has 0 atom stereocenters. The number of piperidine rings is 1. The van der Waals surface area contributed by atoms with Crippen LogP contribution >= 0.6 is 28.3 Å². The minimum absolute atomic E-state index is 0. The van der Waals surface area contributed by atoms with Crippen LogP contribution in [0.15, 0.2) is 27.5 Å². The Labute approximate surface area is 155 Å². The Kier molecular flexibility index (Phi) is 5.70. The first kappa shape index (κ1) is 18.0. The molecule has 0 spiro atoms. The predicted molar refractivity (Wildman–Crippen MR) is 101 cm³/mol. The summed E-state index contributed by atoms with van der Waals surface area (Å²) in [6, 6.07) is 6.93. The molecule has 1 N–H and O–H groups in total. The van der Waals surface area contributed by atoms with Gasteiger partial charge in [0.25, 0.3) is 0 Å². The fraction of sp³-hybridized carbons (Fsp3) is 0.588. The molecule has 0 aliphatic carbocycles. The fourth-order valence-corrected chi connectivity index (χ4v) is 4.37. The molecule has 4 rings (SSSR count). The van der Waals surface area contributed by atoms with Crippen LogP contribution in [0.3, 0.4) is 0 Å². The van der Waals surface area contributed by atoms with Crippen molar-refractivity contribution in [1.29, 1.82) is 0 Å². The molecular weight excluding hydrogens is 394 g/mol. The maximum absolute atomic E-state index is 12.4. The van der Waals surface area contributed by atoms with Gasteiger partial charge in [0.15, 0.2) is 0 Å². The van der Waals surface area contributed by atoms with Crippen molar-refractivity contribution in [2.45, 2.75) is 37.8 Å². The number of rotatable bonds is 2. The highest BCUT2D eigenvalue weighted by molar-refractivity contribution is 9.10. The number of halogens is 2. The van der Waals surface area contributed by atoms with E-state index in [0.29, 0.717) is 12.1 Å². The van der Waals surface area contributed by atoms with Gasteiger partial charge in [-0.05, 0) is 43.9 Å². The van der Waals surface area contributed by atoms with Crippen molar-refractivity contribution in [3.05, 3.63) is 33.2 Å². The van der Waals surface area contributed by atoms with Gasteiger partial charge in [-0.25, -0.2) is 4.79 Å². The Morgan fingerprint density at radius 1 is 1.08 bits per heavy atom. The van der Waals surface area contributed by atoms with Crippen molar-refractivity contribution in [2.24, 2.45) is 0 Å². The number of fused-ring (bicyclic) bond motifs is 1. The third kappa shape index (κ3) is 3.43. The Morgan fingerprint density at radius 3 is 2.50 bits per heavy atom. The minimum Gasteiger partial charge on any atom is -0.381 e. The zero-order valence-corrected chi connectivity index (χ0v) is 15.9. The number of H-pyrrole nitrogens is 1. The molecular formula is C17H23BrClN3O2. The Balaban J connectivity index is 0.00000169. The van der Waals surface area contributed by atoms with Crippen molar-refractivity contribution in [3.63, 3.8) is 0 Å². The molecule has 0 unspecified atom stereocenters. The second kappa shape index (κ2) is 7.60. The van der Waals surface area contributed by atoms with Gasteiger partial charge in [-0.2, -0.15) is 0 Å². The molecule has 2 fully saturated rings. The number of aromatic amines is 1. The number of hydrogen-bond acceptors (Lipinski definition) is 3. The minimum atomic E-state index is 0. The average molecular weight is 417 g/mol. The zero-order chi connectivity index (χ0) is 15.8. The van der Waals surface area contributed by atoms with Crippen LogP contribution in [0.1, 0.15) is 31.7 Å². The summed E-state index contributed by atoms with van der Waals surface area (Å²) in [5, 5.41) is 0. The molecule has 2 aliphatic heterocycles. The highest BCUT2D eigenvalue weighted by atomic mass is 79.9. The maximum Gasteiger partial charge on any atom is 0.326 e. The molecule has 0 bridgehead atoms. The average Bonchev–Trinajstić information content (AvgIpc) is 2.91. The van der Waals surface area contributed by atoms with Crippen LogP contribution in [0, 0.1) is 0 Å². The highest BCUT2D eigenvalue weighted by Crippen LogP contribution is 2.28. The monoisotopic (exact) mass is 415 g/mol. The summed E-state index contributed by atoms with van der Waals surface area (Å²) < 4.78 is 8.44. The van der Waals surface area contributed by atoms with E-state index in [1.165, 1.54) is 0 Å². The molecule has 2 saturated heterocycles. The molecule has 3 heterocycles. The Morgan fingerprint density at radius 2 is 1.79 bits per heavy atom. The normalized spacial score (nSPS) is 21.0. The van der Waals surface area contributed by atoms with Gasteiger partial charge in [-0.3, -0.25) is 4.57 Å². The van der Waals surface area contributed by atoms with Crippen molar-refractivity contribution < 1.29 is 4.74 Å². The Hall–Kier alpha value is -0.820. The number of nitrogens with one attached hydrogen (secondary N) is 1.